The molecule has 0 aliphatic carbocycles. The minimum atomic E-state index is -1.08. The maximum absolute atomic E-state index is 12.7. The fraction of sp³-hybridized carbons (Fsp3) is 0.0476. The number of nitrogens with zero attached hydrogens (tertiary/aromatic N) is 2. The molecular weight excluding hydrogens is 408 g/mol. The van der Waals surface area contributed by atoms with Crippen LogP contribution < -0.4 is 0 Å². The lowest BCUT2D eigenvalue weighted by Crippen LogP contribution is -2.07. The van der Waals surface area contributed by atoms with Gasteiger partial charge in [-0.1, -0.05) is 24.3 Å². The fourth-order valence-electron chi connectivity index (χ4n) is 3.12. The summed E-state index contributed by atoms with van der Waals surface area (Å²) in [7, 11) is 0. The van der Waals surface area contributed by atoms with Crippen LogP contribution >= 0.6 is 22.7 Å². The molecule has 1 N–H and O–H groups in total. The van der Waals surface area contributed by atoms with Crippen LogP contribution in [0.2, 0.25) is 0 Å². The van der Waals surface area contributed by atoms with E-state index < -0.39 is 5.97 Å². The van der Waals surface area contributed by atoms with E-state index in [9.17, 15) is 14.7 Å². The summed E-state index contributed by atoms with van der Waals surface area (Å²) in [5.41, 5.74) is 2.58. The normalized spacial score (nSPS) is 11.3. The molecule has 0 saturated carbocycles. The highest BCUT2D eigenvalue weighted by Crippen LogP contribution is 2.37. The number of carboxylic acid groups (broad SMARTS) is 1. The van der Waals surface area contributed by atoms with Crippen molar-refractivity contribution in [2.24, 2.45) is 0 Å². The molecular formula is C21H12N2O4S2. The number of carboxylic acids is 1. The zero-order chi connectivity index (χ0) is 20.0. The van der Waals surface area contributed by atoms with E-state index in [1.54, 1.807) is 23.6 Å². The first-order chi connectivity index (χ1) is 14.1. The van der Waals surface area contributed by atoms with Gasteiger partial charge in [-0.05, 0) is 24.3 Å². The van der Waals surface area contributed by atoms with Crippen LogP contribution in [0.5, 0.6) is 0 Å². The molecule has 0 aliphatic heterocycles. The Balaban J connectivity index is 1.52. The molecule has 3 aromatic heterocycles. The number of aromatic nitrogens is 2. The number of carbonyl (C=O) groups excluding carboxylic acids is 1. The Labute approximate surface area is 172 Å². The number of hydrogen-bond acceptors (Lipinski definition) is 7. The molecule has 5 aromatic rings. The number of benzene rings is 2. The molecule has 2 aromatic carbocycles. The highest BCUT2D eigenvalue weighted by Gasteiger charge is 2.25. The Bertz CT molecular complexity index is 1330. The minimum Gasteiger partial charge on any atom is -0.478 e. The summed E-state index contributed by atoms with van der Waals surface area (Å²) in [6, 6.07) is 14.7. The SMILES string of the molecule is O=C(Cc1scc(-c2nc3ccccc3s2)c1C(=O)O)c1nc2ccccc2o1. The third kappa shape index (κ3) is 3.12. The number of fused-ring (bicyclic) bond motifs is 2. The van der Waals surface area contributed by atoms with E-state index in [-0.39, 0.29) is 23.7 Å². The second-order valence-electron chi connectivity index (χ2n) is 6.33. The van der Waals surface area contributed by atoms with Crippen LogP contribution in [0.25, 0.3) is 31.9 Å². The largest absolute Gasteiger partial charge is 0.478 e. The number of hydrogen-bond donors (Lipinski definition) is 1. The van der Waals surface area contributed by atoms with Gasteiger partial charge in [-0.2, -0.15) is 0 Å². The van der Waals surface area contributed by atoms with Crippen molar-refractivity contribution in [1.29, 1.82) is 0 Å². The number of Topliss-reactive ketones (excluding diaryl/α,β-unsaturated/α-hetero) is 1. The molecule has 5 rings (SSSR count). The monoisotopic (exact) mass is 420 g/mol. The molecule has 29 heavy (non-hydrogen) atoms. The summed E-state index contributed by atoms with van der Waals surface area (Å²) in [4.78, 5) is 33.9. The van der Waals surface area contributed by atoms with Gasteiger partial charge in [0.1, 0.15) is 10.5 Å². The highest BCUT2D eigenvalue weighted by atomic mass is 32.1. The lowest BCUT2D eigenvalue weighted by atomic mass is 10.1. The summed E-state index contributed by atoms with van der Waals surface area (Å²) < 4.78 is 6.50. The van der Waals surface area contributed by atoms with Crippen molar-refractivity contribution in [1.82, 2.24) is 9.97 Å². The molecule has 0 saturated heterocycles. The predicted molar refractivity (Wildman–Crippen MR) is 112 cm³/mol. The van der Waals surface area contributed by atoms with Crippen molar-refractivity contribution in [3.05, 3.63) is 70.2 Å². The van der Waals surface area contributed by atoms with E-state index in [1.807, 2.05) is 30.3 Å². The number of ketones is 1. The van der Waals surface area contributed by atoms with Crippen molar-refractivity contribution in [3.8, 4) is 10.6 Å². The molecule has 142 valence electrons. The average molecular weight is 420 g/mol. The summed E-state index contributed by atoms with van der Waals surface area (Å²) in [5, 5.41) is 12.2. The molecule has 0 bridgehead atoms. The lowest BCUT2D eigenvalue weighted by Gasteiger charge is -2.00. The predicted octanol–water partition coefficient (Wildman–Crippen LogP) is 5.29. The molecule has 0 amide bonds. The smallest absolute Gasteiger partial charge is 0.337 e. The minimum absolute atomic E-state index is 0.0162. The maximum atomic E-state index is 12.7. The van der Waals surface area contributed by atoms with Crippen molar-refractivity contribution >= 4 is 55.7 Å². The number of para-hydroxylation sites is 3. The van der Waals surface area contributed by atoms with Crippen molar-refractivity contribution in [3.63, 3.8) is 0 Å². The average Bonchev–Trinajstić information content (AvgIpc) is 3.43. The zero-order valence-corrected chi connectivity index (χ0v) is 16.4. The van der Waals surface area contributed by atoms with Crippen LogP contribution in [0, 0.1) is 0 Å². The van der Waals surface area contributed by atoms with Crippen LogP contribution in [0.15, 0.2) is 58.3 Å². The van der Waals surface area contributed by atoms with Gasteiger partial charge in [0.15, 0.2) is 5.58 Å². The third-order valence-corrected chi connectivity index (χ3v) is 6.52. The number of thiophene rings is 1. The molecule has 0 radical (unpaired) electrons. The Hall–Kier alpha value is -3.36. The van der Waals surface area contributed by atoms with Gasteiger partial charge in [-0.15, -0.1) is 22.7 Å². The first kappa shape index (κ1) is 17.7. The molecule has 0 unspecified atom stereocenters. The molecule has 8 heteroatoms. The Morgan fingerprint density at radius 3 is 2.52 bits per heavy atom. The maximum Gasteiger partial charge on any atom is 0.337 e. The first-order valence-electron chi connectivity index (χ1n) is 8.68. The number of rotatable bonds is 5. The van der Waals surface area contributed by atoms with E-state index in [0.717, 1.165) is 10.2 Å². The summed E-state index contributed by atoms with van der Waals surface area (Å²) >= 11 is 2.66. The highest BCUT2D eigenvalue weighted by molar-refractivity contribution is 7.22. The second kappa shape index (κ2) is 6.91. The Morgan fingerprint density at radius 1 is 1.00 bits per heavy atom. The Morgan fingerprint density at radius 2 is 1.76 bits per heavy atom. The Kier molecular flexibility index (Phi) is 4.22. The van der Waals surface area contributed by atoms with Gasteiger partial charge in [0, 0.05) is 15.8 Å². The number of thiazole rings is 1. The topological polar surface area (TPSA) is 93.3 Å². The van der Waals surface area contributed by atoms with Crippen molar-refractivity contribution < 1.29 is 19.1 Å². The summed E-state index contributed by atoms with van der Waals surface area (Å²) in [6.45, 7) is 0. The van der Waals surface area contributed by atoms with Gasteiger partial charge in [0.25, 0.3) is 5.89 Å². The molecule has 3 heterocycles. The zero-order valence-electron chi connectivity index (χ0n) is 14.8. The lowest BCUT2D eigenvalue weighted by molar-refractivity contribution is 0.0697. The summed E-state index contributed by atoms with van der Waals surface area (Å²) in [5.74, 6) is -1.46. The quantitative estimate of drug-likeness (QED) is 0.388. The van der Waals surface area contributed by atoms with Gasteiger partial charge in [0.2, 0.25) is 5.78 Å². The van der Waals surface area contributed by atoms with E-state index in [4.69, 9.17) is 4.42 Å². The molecule has 0 fully saturated rings. The van der Waals surface area contributed by atoms with Crippen LogP contribution in [-0.4, -0.2) is 26.8 Å². The van der Waals surface area contributed by atoms with Crippen LogP contribution in [-0.2, 0) is 6.42 Å². The number of aromatic carboxylic acids is 1. The van der Waals surface area contributed by atoms with Gasteiger partial charge >= 0.3 is 5.97 Å². The molecule has 6 nitrogen and oxygen atoms in total. The standard InChI is InChI=1S/C21H12N2O4S2/c24-14(19-22-12-5-1-3-7-15(12)27-19)9-17-18(21(25)26)11(10-28-17)20-23-13-6-2-4-8-16(13)29-20/h1-8,10H,9H2,(H,25,26). The number of carbonyl (C=O) groups is 2. The third-order valence-electron chi connectivity index (χ3n) is 4.46. The van der Waals surface area contributed by atoms with Crippen LogP contribution in [0.4, 0.5) is 0 Å². The molecule has 0 atom stereocenters. The van der Waals surface area contributed by atoms with E-state index >= 15 is 0 Å². The van der Waals surface area contributed by atoms with Gasteiger partial charge in [0.05, 0.1) is 22.2 Å². The molecule has 0 spiro atoms. The van der Waals surface area contributed by atoms with Gasteiger partial charge in [-0.3, -0.25) is 4.79 Å². The molecule has 0 aliphatic rings. The van der Waals surface area contributed by atoms with E-state index in [2.05, 4.69) is 9.97 Å². The van der Waals surface area contributed by atoms with Crippen LogP contribution in [0.1, 0.15) is 25.9 Å². The fourth-order valence-corrected chi connectivity index (χ4v) is 5.20. The van der Waals surface area contributed by atoms with E-state index in [0.29, 0.717) is 26.5 Å². The van der Waals surface area contributed by atoms with Crippen molar-refractivity contribution in [2.45, 2.75) is 6.42 Å². The van der Waals surface area contributed by atoms with Gasteiger partial charge in [-0.25, -0.2) is 14.8 Å². The van der Waals surface area contributed by atoms with Crippen molar-refractivity contribution in [2.75, 3.05) is 0 Å². The first-order valence-corrected chi connectivity index (χ1v) is 10.4. The second-order valence-corrected chi connectivity index (χ2v) is 8.32. The van der Waals surface area contributed by atoms with Gasteiger partial charge < -0.3 is 9.52 Å². The van der Waals surface area contributed by atoms with E-state index in [1.165, 1.54) is 22.7 Å². The summed E-state index contributed by atoms with van der Waals surface area (Å²) in [6.07, 6.45) is -0.0932. The van der Waals surface area contributed by atoms with Crippen LogP contribution in [0.3, 0.4) is 0 Å². The number of oxazole rings is 1.